The average molecular weight is 313 g/mol. The van der Waals surface area contributed by atoms with E-state index in [0.29, 0.717) is 0 Å². The van der Waals surface area contributed by atoms with E-state index in [-0.39, 0.29) is 11.9 Å². The Morgan fingerprint density at radius 1 is 1.14 bits per heavy atom. The predicted molar refractivity (Wildman–Crippen MR) is 94.6 cm³/mol. The molecule has 0 saturated heterocycles. The lowest BCUT2D eigenvalue weighted by molar-refractivity contribution is 0.0932. The first-order valence-corrected chi connectivity index (χ1v) is 8.80. The third-order valence-corrected chi connectivity index (χ3v) is 4.79. The van der Waals surface area contributed by atoms with Crippen molar-refractivity contribution < 1.29 is 4.79 Å². The molecule has 0 spiro atoms. The summed E-state index contributed by atoms with van der Waals surface area (Å²) in [6.07, 6.45) is 2.86. The van der Waals surface area contributed by atoms with Gasteiger partial charge in [0.05, 0.1) is 11.6 Å². The molecular formula is C19H23NOS. The number of benzene rings is 2. The Balaban J connectivity index is 2.22. The largest absolute Gasteiger partial charge is 0.345 e. The monoisotopic (exact) mass is 313 g/mol. The molecule has 1 atom stereocenters. The molecule has 0 aromatic heterocycles. The molecule has 0 aliphatic heterocycles. The molecule has 0 fully saturated rings. The average Bonchev–Trinajstić information content (AvgIpc) is 2.55. The van der Waals surface area contributed by atoms with E-state index in [1.165, 1.54) is 16.7 Å². The van der Waals surface area contributed by atoms with Gasteiger partial charge in [-0.15, -0.1) is 11.8 Å². The fourth-order valence-corrected chi connectivity index (χ4v) is 3.07. The minimum absolute atomic E-state index is 0.00460. The van der Waals surface area contributed by atoms with Crippen LogP contribution in [0.4, 0.5) is 0 Å². The van der Waals surface area contributed by atoms with Crippen molar-refractivity contribution in [2.75, 3.05) is 6.26 Å². The van der Waals surface area contributed by atoms with Crippen LogP contribution < -0.4 is 5.32 Å². The van der Waals surface area contributed by atoms with Crippen LogP contribution in [0, 0.1) is 13.8 Å². The number of carbonyl (C=O) groups is 1. The van der Waals surface area contributed by atoms with Crippen molar-refractivity contribution in [3.63, 3.8) is 0 Å². The maximum atomic E-state index is 12.6. The summed E-state index contributed by atoms with van der Waals surface area (Å²) in [7, 11) is 0. The summed E-state index contributed by atoms with van der Waals surface area (Å²) in [5.41, 5.74) is 4.45. The van der Waals surface area contributed by atoms with E-state index in [9.17, 15) is 4.79 Å². The van der Waals surface area contributed by atoms with Gasteiger partial charge in [0.2, 0.25) is 0 Å². The topological polar surface area (TPSA) is 29.1 Å². The molecule has 3 heteroatoms. The first-order valence-electron chi connectivity index (χ1n) is 7.57. The number of nitrogens with one attached hydrogen (secondary N) is 1. The van der Waals surface area contributed by atoms with Crippen molar-refractivity contribution in [3.8, 4) is 0 Å². The molecule has 1 amide bonds. The second kappa shape index (κ2) is 7.50. The van der Waals surface area contributed by atoms with Crippen LogP contribution in [0.25, 0.3) is 0 Å². The van der Waals surface area contributed by atoms with E-state index >= 15 is 0 Å². The zero-order valence-electron chi connectivity index (χ0n) is 13.6. The van der Waals surface area contributed by atoms with Crippen LogP contribution in [-0.2, 0) is 0 Å². The Hall–Kier alpha value is -1.74. The van der Waals surface area contributed by atoms with Crippen molar-refractivity contribution in [2.24, 2.45) is 0 Å². The summed E-state index contributed by atoms with van der Waals surface area (Å²) in [6, 6.07) is 14.2. The maximum absolute atomic E-state index is 12.6. The lowest BCUT2D eigenvalue weighted by Crippen LogP contribution is -2.28. The Bertz CT molecular complexity index is 666. The fraction of sp³-hybridized carbons (Fsp3) is 0.316. The van der Waals surface area contributed by atoms with E-state index in [4.69, 9.17) is 0 Å². The standard InChI is InChI=1S/C19H23NOS/c1-5-17(15-11-10-13(2)14(3)12-15)20-19(21)16-8-6-7-9-18(16)22-4/h6-12,17H,5H2,1-4H3,(H,20,21)/t17-/m0/s1. The van der Waals surface area contributed by atoms with E-state index in [2.05, 4.69) is 44.3 Å². The molecule has 2 rings (SSSR count). The van der Waals surface area contributed by atoms with Crippen molar-refractivity contribution in [1.29, 1.82) is 0 Å². The number of amides is 1. The molecule has 0 heterocycles. The Labute approximate surface area is 137 Å². The highest BCUT2D eigenvalue weighted by molar-refractivity contribution is 7.98. The summed E-state index contributed by atoms with van der Waals surface area (Å²) in [5, 5.41) is 3.17. The third kappa shape index (κ3) is 3.72. The lowest BCUT2D eigenvalue weighted by Gasteiger charge is -2.19. The lowest BCUT2D eigenvalue weighted by atomic mass is 9.99. The highest BCUT2D eigenvalue weighted by Gasteiger charge is 2.16. The van der Waals surface area contributed by atoms with E-state index < -0.39 is 0 Å². The molecule has 0 aliphatic carbocycles. The van der Waals surface area contributed by atoms with Gasteiger partial charge in [0, 0.05) is 4.90 Å². The normalized spacial score (nSPS) is 12.0. The number of hydrogen-bond acceptors (Lipinski definition) is 2. The third-order valence-electron chi connectivity index (χ3n) is 4.00. The van der Waals surface area contributed by atoms with Crippen molar-refractivity contribution >= 4 is 17.7 Å². The highest BCUT2D eigenvalue weighted by Crippen LogP contribution is 2.23. The van der Waals surface area contributed by atoms with Crippen LogP contribution in [0.1, 0.15) is 46.4 Å². The van der Waals surface area contributed by atoms with E-state index in [1.807, 2.05) is 30.5 Å². The zero-order valence-corrected chi connectivity index (χ0v) is 14.5. The van der Waals surface area contributed by atoms with Crippen LogP contribution in [0.5, 0.6) is 0 Å². The van der Waals surface area contributed by atoms with Crippen LogP contribution in [0.3, 0.4) is 0 Å². The minimum Gasteiger partial charge on any atom is -0.345 e. The van der Waals surface area contributed by atoms with Gasteiger partial charge >= 0.3 is 0 Å². The molecule has 2 nitrogen and oxygen atoms in total. The molecule has 0 radical (unpaired) electrons. The summed E-state index contributed by atoms with van der Waals surface area (Å²) < 4.78 is 0. The summed E-state index contributed by atoms with van der Waals surface area (Å²) >= 11 is 1.60. The number of aryl methyl sites for hydroxylation is 2. The molecule has 116 valence electrons. The van der Waals surface area contributed by atoms with Gasteiger partial charge in [-0.2, -0.15) is 0 Å². The van der Waals surface area contributed by atoms with Gasteiger partial charge in [-0.3, -0.25) is 4.79 Å². The minimum atomic E-state index is -0.00460. The van der Waals surface area contributed by atoms with Gasteiger partial charge in [0.25, 0.3) is 5.91 Å². The van der Waals surface area contributed by atoms with Gasteiger partial charge in [0.15, 0.2) is 0 Å². The molecule has 22 heavy (non-hydrogen) atoms. The first kappa shape index (κ1) is 16.6. The van der Waals surface area contributed by atoms with Crippen LogP contribution >= 0.6 is 11.8 Å². The second-order valence-corrected chi connectivity index (χ2v) is 6.33. The van der Waals surface area contributed by atoms with Gasteiger partial charge < -0.3 is 5.32 Å². The van der Waals surface area contributed by atoms with Crippen molar-refractivity contribution in [3.05, 3.63) is 64.7 Å². The Morgan fingerprint density at radius 2 is 1.86 bits per heavy atom. The molecular weight excluding hydrogens is 290 g/mol. The number of rotatable bonds is 5. The maximum Gasteiger partial charge on any atom is 0.252 e. The molecule has 0 aliphatic rings. The Kier molecular flexibility index (Phi) is 5.67. The smallest absolute Gasteiger partial charge is 0.252 e. The Morgan fingerprint density at radius 3 is 2.50 bits per heavy atom. The van der Waals surface area contributed by atoms with E-state index in [1.54, 1.807) is 11.8 Å². The van der Waals surface area contributed by atoms with Crippen LogP contribution in [0.2, 0.25) is 0 Å². The molecule has 0 unspecified atom stereocenters. The van der Waals surface area contributed by atoms with Gasteiger partial charge in [0.1, 0.15) is 0 Å². The second-order valence-electron chi connectivity index (χ2n) is 5.48. The van der Waals surface area contributed by atoms with Gasteiger partial charge in [-0.1, -0.05) is 37.3 Å². The van der Waals surface area contributed by atoms with Crippen molar-refractivity contribution in [1.82, 2.24) is 5.32 Å². The quantitative estimate of drug-likeness (QED) is 0.795. The molecule has 0 bridgehead atoms. The zero-order chi connectivity index (χ0) is 16.1. The summed E-state index contributed by atoms with van der Waals surface area (Å²) in [5.74, 6) is -0.00460. The number of carbonyl (C=O) groups excluding carboxylic acids is 1. The van der Waals surface area contributed by atoms with Gasteiger partial charge in [-0.25, -0.2) is 0 Å². The highest BCUT2D eigenvalue weighted by atomic mass is 32.2. The van der Waals surface area contributed by atoms with Crippen molar-refractivity contribution in [2.45, 2.75) is 38.1 Å². The van der Waals surface area contributed by atoms with Crippen LogP contribution in [-0.4, -0.2) is 12.2 Å². The number of thioether (sulfide) groups is 1. The fourth-order valence-electron chi connectivity index (χ4n) is 2.47. The predicted octanol–water partition coefficient (Wildman–Crippen LogP) is 4.91. The molecule has 2 aromatic rings. The summed E-state index contributed by atoms with van der Waals surface area (Å²) in [4.78, 5) is 13.6. The van der Waals surface area contributed by atoms with E-state index in [0.717, 1.165) is 16.9 Å². The van der Waals surface area contributed by atoms with Gasteiger partial charge in [-0.05, 0) is 55.3 Å². The molecule has 0 saturated carbocycles. The number of hydrogen-bond donors (Lipinski definition) is 1. The first-order chi connectivity index (χ1) is 10.6. The molecule has 2 aromatic carbocycles. The van der Waals surface area contributed by atoms with Crippen LogP contribution in [0.15, 0.2) is 47.4 Å². The molecule has 1 N–H and O–H groups in total. The summed E-state index contributed by atoms with van der Waals surface area (Å²) in [6.45, 7) is 6.31. The SMILES string of the molecule is CC[C@H](NC(=O)c1ccccc1SC)c1ccc(C)c(C)c1.